The van der Waals surface area contributed by atoms with Crippen molar-refractivity contribution >= 4 is 22.1 Å². The molecule has 13 heavy (non-hydrogen) atoms. The first-order valence-electron chi connectivity index (χ1n) is 3.36. The van der Waals surface area contributed by atoms with E-state index in [9.17, 15) is 13.0 Å². The monoisotopic (exact) mass is 224 g/mol. The van der Waals surface area contributed by atoms with Crippen LogP contribution in [0.5, 0.6) is 0 Å². The number of halogens is 2. The zero-order valence-corrected chi connectivity index (χ0v) is 8.08. The molecule has 0 radical (unpaired) electrons. The Kier molecular flexibility index (Phi) is 4.10. The SMILES string of the molecule is O=S(CCC=C(F)F)c1nncs1. The maximum Gasteiger partial charge on any atom is 0.266 e. The van der Waals surface area contributed by atoms with Crippen LogP contribution < -0.4 is 0 Å². The normalized spacial score (nSPS) is 12.5. The van der Waals surface area contributed by atoms with Crippen molar-refractivity contribution in [3.63, 3.8) is 0 Å². The highest BCUT2D eigenvalue weighted by Crippen LogP contribution is 2.09. The van der Waals surface area contributed by atoms with Gasteiger partial charge < -0.3 is 0 Å². The number of rotatable bonds is 4. The highest BCUT2D eigenvalue weighted by molar-refractivity contribution is 7.87. The Labute approximate surface area is 80.0 Å². The molecule has 1 aromatic rings. The predicted molar refractivity (Wildman–Crippen MR) is 46.1 cm³/mol. The second-order valence-electron chi connectivity index (χ2n) is 2.04. The van der Waals surface area contributed by atoms with Crippen LogP contribution in [0.25, 0.3) is 0 Å². The van der Waals surface area contributed by atoms with Crippen LogP contribution in [-0.2, 0) is 10.8 Å². The van der Waals surface area contributed by atoms with Gasteiger partial charge in [-0.2, -0.15) is 8.78 Å². The average molecular weight is 224 g/mol. The zero-order chi connectivity index (χ0) is 9.68. The lowest BCUT2D eigenvalue weighted by molar-refractivity contribution is 0.418. The number of hydrogen-bond donors (Lipinski definition) is 0. The van der Waals surface area contributed by atoms with Crippen molar-refractivity contribution < 1.29 is 13.0 Å². The molecule has 0 amide bonds. The summed E-state index contributed by atoms with van der Waals surface area (Å²) in [6.07, 6.45) is -0.901. The molecule has 0 aliphatic rings. The van der Waals surface area contributed by atoms with E-state index in [1.54, 1.807) is 0 Å². The fraction of sp³-hybridized carbons (Fsp3) is 0.333. The second-order valence-corrected chi connectivity index (χ2v) is 4.61. The Hall–Kier alpha value is -0.690. The summed E-state index contributed by atoms with van der Waals surface area (Å²) < 4.78 is 34.7. The van der Waals surface area contributed by atoms with Crippen molar-refractivity contribution in [2.45, 2.75) is 10.8 Å². The van der Waals surface area contributed by atoms with Gasteiger partial charge >= 0.3 is 0 Å². The van der Waals surface area contributed by atoms with Crippen molar-refractivity contribution in [3.05, 3.63) is 17.7 Å². The second kappa shape index (κ2) is 5.13. The summed E-state index contributed by atoms with van der Waals surface area (Å²) >= 11 is 1.16. The molecule has 0 aromatic carbocycles. The zero-order valence-electron chi connectivity index (χ0n) is 6.44. The molecule has 1 aromatic heterocycles. The van der Waals surface area contributed by atoms with Gasteiger partial charge in [0, 0.05) is 5.75 Å². The van der Waals surface area contributed by atoms with Gasteiger partial charge in [-0.15, -0.1) is 10.2 Å². The minimum atomic E-state index is -1.74. The molecule has 1 unspecified atom stereocenters. The molecule has 3 nitrogen and oxygen atoms in total. The molecule has 0 saturated heterocycles. The Morgan fingerprint density at radius 2 is 2.46 bits per heavy atom. The van der Waals surface area contributed by atoms with E-state index in [4.69, 9.17) is 0 Å². The first-order chi connectivity index (χ1) is 6.20. The molecule has 0 N–H and O–H groups in total. The van der Waals surface area contributed by atoms with Crippen LogP contribution in [0.2, 0.25) is 0 Å². The van der Waals surface area contributed by atoms with E-state index in [-0.39, 0.29) is 12.2 Å². The minimum absolute atomic E-state index is 0.0918. The fourth-order valence-corrected chi connectivity index (χ4v) is 2.36. The van der Waals surface area contributed by atoms with Gasteiger partial charge in [0.2, 0.25) is 4.34 Å². The lowest BCUT2D eigenvalue weighted by Crippen LogP contribution is -1.96. The van der Waals surface area contributed by atoms with Crippen molar-refractivity contribution in [3.8, 4) is 0 Å². The topological polar surface area (TPSA) is 42.9 Å². The molecule has 1 atom stereocenters. The van der Waals surface area contributed by atoms with Crippen molar-refractivity contribution in [2.75, 3.05) is 5.75 Å². The molecule has 0 aliphatic carbocycles. The van der Waals surface area contributed by atoms with Gasteiger partial charge in [-0.05, 0) is 12.5 Å². The van der Waals surface area contributed by atoms with E-state index in [0.29, 0.717) is 4.34 Å². The highest BCUT2D eigenvalue weighted by atomic mass is 32.2. The van der Waals surface area contributed by atoms with Crippen LogP contribution in [-0.4, -0.2) is 20.2 Å². The van der Waals surface area contributed by atoms with Crippen LogP contribution in [0.3, 0.4) is 0 Å². The summed E-state index contributed by atoms with van der Waals surface area (Å²) in [5, 5.41) is 7.07. The van der Waals surface area contributed by atoms with Gasteiger partial charge in [0.05, 0.1) is 10.8 Å². The van der Waals surface area contributed by atoms with Crippen LogP contribution in [0.15, 0.2) is 22.0 Å². The van der Waals surface area contributed by atoms with Crippen LogP contribution >= 0.6 is 11.3 Å². The molecular formula is C6H6F2N2OS2. The van der Waals surface area contributed by atoms with Crippen LogP contribution in [0.4, 0.5) is 8.78 Å². The number of aromatic nitrogens is 2. The van der Waals surface area contributed by atoms with Crippen molar-refractivity contribution in [2.24, 2.45) is 0 Å². The molecule has 0 saturated carbocycles. The smallest absolute Gasteiger partial charge is 0.252 e. The van der Waals surface area contributed by atoms with Gasteiger partial charge in [-0.25, -0.2) is 0 Å². The lowest BCUT2D eigenvalue weighted by atomic mass is 10.5. The molecule has 0 spiro atoms. The molecule has 7 heteroatoms. The Balaban J connectivity index is 2.39. The van der Waals surface area contributed by atoms with E-state index in [0.717, 1.165) is 17.4 Å². The van der Waals surface area contributed by atoms with Gasteiger partial charge in [0.25, 0.3) is 6.08 Å². The Morgan fingerprint density at radius 1 is 1.69 bits per heavy atom. The minimum Gasteiger partial charge on any atom is -0.252 e. The molecular weight excluding hydrogens is 218 g/mol. The molecule has 1 heterocycles. The third kappa shape index (κ3) is 3.69. The summed E-state index contributed by atoms with van der Waals surface area (Å²) in [4.78, 5) is 0. The van der Waals surface area contributed by atoms with Crippen LogP contribution in [0.1, 0.15) is 6.42 Å². The van der Waals surface area contributed by atoms with Crippen molar-refractivity contribution in [1.82, 2.24) is 10.2 Å². The maximum atomic E-state index is 11.6. The Bertz CT molecular complexity index is 308. The van der Waals surface area contributed by atoms with E-state index >= 15 is 0 Å². The molecule has 1 rings (SSSR count). The number of hydrogen-bond acceptors (Lipinski definition) is 4. The van der Waals surface area contributed by atoms with E-state index < -0.39 is 16.9 Å². The Morgan fingerprint density at radius 3 is 3.00 bits per heavy atom. The molecule has 0 fully saturated rings. The average Bonchev–Trinajstić information content (AvgIpc) is 2.55. The molecule has 0 aliphatic heterocycles. The van der Waals surface area contributed by atoms with Gasteiger partial charge in [-0.3, -0.25) is 4.21 Å². The lowest BCUT2D eigenvalue weighted by Gasteiger charge is -1.91. The van der Waals surface area contributed by atoms with E-state index in [1.807, 2.05) is 0 Å². The van der Waals surface area contributed by atoms with E-state index in [2.05, 4.69) is 10.2 Å². The molecule has 0 bridgehead atoms. The van der Waals surface area contributed by atoms with Gasteiger partial charge in [0.15, 0.2) is 0 Å². The largest absolute Gasteiger partial charge is 0.266 e. The van der Waals surface area contributed by atoms with Crippen molar-refractivity contribution in [1.29, 1.82) is 0 Å². The summed E-state index contributed by atoms with van der Waals surface area (Å²) in [5.41, 5.74) is 1.46. The first-order valence-corrected chi connectivity index (χ1v) is 5.55. The summed E-state index contributed by atoms with van der Waals surface area (Å²) in [6.45, 7) is 0. The van der Waals surface area contributed by atoms with E-state index in [1.165, 1.54) is 5.51 Å². The summed E-state index contributed by atoms with van der Waals surface area (Å²) in [6, 6.07) is 0. The number of allylic oxidation sites excluding steroid dienone is 1. The standard InChI is InChI=1S/C6H6F2N2OS2/c7-5(8)2-1-3-13(11)6-10-9-4-12-6/h2,4H,1,3H2. The fourth-order valence-electron chi connectivity index (χ4n) is 0.625. The summed E-state index contributed by atoms with van der Waals surface area (Å²) in [7, 11) is -1.30. The third-order valence-electron chi connectivity index (χ3n) is 1.14. The first kappa shape index (κ1) is 10.4. The molecule has 72 valence electrons. The highest BCUT2D eigenvalue weighted by Gasteiger charge is 2.06. The quantitative estimate of drug-likeness (QED) is 0.783. The maximum absolute atomic E-state index is 11.6. The summed E-state index contributed by atoms with van der Waals surface area (Å²) in [5.74, 6) is 0.159. The third-order valence-corrected chi connectivity index (χ3v) is 3.54. The predicted octanol–water partition coefficient (Wildman–Crippen LogP) is 1.82. The number of nitrogens with zero attached hydrogens (tertiary/aromatic N) is 2. The van der Waals surface area contributed by atoms with Gasteiger partial charge in [0.1, 0.15) is 5.51 Å². The van der Waals surface area contributed by atoms with Gasteiger partial charge in [-0.1, -0.05) is 11.3 Å². The van der Waals surface area contributed by atoms with Crippen LogP contribution in [0, 0.1) is 0 Å².